The van der Waals surface area contributed by atoms with E-state index < -0.39 is 0 Å². The van der Waals surface area contributed by atoms with Crippen LogP contribution in [-0.2, 0) is 11.8 Å². The number of aromatic nitrogens is 1. The van der Waals surface area contributed by atoms with Crippen molar-refractivity contribution in [2.75, 3.05) is 17.7 Å². The Labute approximate surface area is 155 Å². The van der Waals surface area contributed by atoms with E-state index in [4.69, 9.17) is 16.3 Å². The number of para-hydroxylation sites is 1. The van der Waals surface area contributed by atoms with Crippen molar-refractivity contribution in [1.82, 2.24) is 4.57 Å². The molecule has 1 aromatic heterocycles. The third-order valence-corrected chi connectivity index (χ3v) is 4.41. The monoisotopic (exact) mass is 371 g/mol. The molecule has 0 unspecified atom stereocenters. The van der Waals surface area contributed by atoms with E-state index in [-0.39, 0.29) is 11.8 Å². The van der Waals surface area contributed by atoms with Crippen molar-refractivity contribution in [3.63, 3.8) is 0 Å². The van der Waals surface area contributed by atoms with E-state index in [0.717, 1.165) is 10.9 Å². The molecule has 0 fully saturated rings. The number of methoxy groups -OCH3 is 1. The van der Waals surface area contributed by atoms with Crippen LogP contribution < -0.4 is 15.4 Å². The molecule has 2 amide bonds. The maximum Gasteiger partial charge on any atom is 0.273 e. The minimum atomic E-state index is -0.369. The van der Waals surface area contributed by atoms with Gasteiger partial charge in [0.1, 0.15) is 11.4 Å². The molecule has 2 N–H and O–H groups in total. The summed E-state index contributed by atoms with van der Waals surface area (Å²) in [7, 11) is 3.29. The Bertz CT molecular complexity index is 972. The molecule has 0 aliphatic rings. The van der Waals surface area contributed by atoms with Gasteiger partial charge < -0.3 is 19.9 Å². The number of hydrogen-bond donors (Lipinski definition) is 2. The van der Waals surface area contributed by atoms with Crippen molar-refractivity contribution in [2.24, 2.45) is 7.05 Å². The van der Waals surface area contributed by atoms with Crippen molar-refractivity contribution in [3.8, 4) is 5.75 Å². The Morgan fingerprint density at radius 1 is 1.12 bits per heavy atom. The van der Waals surface area contributed by atoms with Crippen LogP contribution in [0.2, 0.25) is 5.02 Å². The Balaban J connectivity index is 1.99. The summed E-state index contributed by atoms with van der Waals surface area (Å²) in [6.07, 6.45) is 0. The number of aryl methyl sites for hydroxylation is 1. The predicted octanol–water partition coefficient (Wildman–Crippen LogP) is 4.05. The quantitative estimate of drug-likeness (QED) is 0.726. The number of carbonyl (C=O) groups is 2. The van der Waals surface area contributed by atoms with Gasteiger partial charge in [-0.2, -0.15) is 0 Å². The minimum Gasteiger partial charge on any atom is -0.495 e. The van der Waals surface area contributed by atoms with Crippen LogP contribution in [0.1, 0.15) is 17.4 Å². The first-order chi connectivity index (χ1) is 12.4. The molecule has 0 spiro atoms. The van der Waals surface area contributed by atoms with E-state index in [1.54, 1.807) is 29.8 Å². The highest BCUT2D eigenvalue weighted by Gasteiger charge is 2.21. The van der Waals surface area contributed by atoms with Crippen molar-refractivity contribution in [2.45, 2.75) is 6.92 Å². The highest BCUT2D eigenvalue weighted by Crippen LogP contribution is 2.32. The van der Waals surface area contributed by atoms with E-state index in [2.05, 4.69) is 10.6 Å². The predicted molar refractivity (Wildman–Crippen MR) is 103 cm³/mol. The molecule has 0 saturated carbocycles. The van der Waals surface area contributed by atoms with Gasteiger partial charge in [0.2, 0.25) is 5.91 Å². The number of benzene rings is 2. The molecule has 0 saturated heterocycles. The number of carbonyl (C=O) groups excluding carboxylic acids is 2. The molecule has 3 aromatic rings. The molecular formula is C19H18ClN3O3. The Hall–Kier alpha value is -2.99. The molecule has 134 valence electrons. The number of ether oxygens (including phenoxy) is 1. The average molecular weight is 372 g/mol. The zero-order chi connectivity index (χ0) is 18.8. The van der Waals surface area contributed by atoms with E-state index in [9.17, 15) is 9.59 Å². The van der Waals surface area contributed by atoms with Crippen LogP contribution in [0.15, 0.2) is 42.5 Å². The second-order valence-electron chi connectivity index (χ2n) is 5.79. The zero-order valence-corrected chi connectivity index (χ0v) is 15.3. The van der Waals surface area contributed by atoms with Crippen LogP contribution in [0.3, 0.4) is 0 Å². The van der Waals surface area contributed by atoms with Gasteiger partial charge in [0.25, 0.3) is 5.91 Å². The first-order valence-electron chi connectivity index (χ1n) is 7.92. The summed E-state index contributed by atoms with van der Waals surface area (Å²) in [5.74, 6) is -0.0986. The fourth-order valence-corrected chi connectivity index (χ4v) is 3.24. The van der Waals surface area contributed by atoms with E-state index in [0.29, 0.717) is 27.8 Å². The largest absolute Gasteiger partial charge is 0.495 e. The first kappa shape index (κ1) is 17.8. The Morgan fingerprint density at radius 2 is 1.85 bits per heavy atom. The molecule has 3 rings (SSSR count). The van der Waals surface area contributed by atoms with Crippen LogP contribution in [0.5, 0.6) is 5.75 Å². The summed E-state index contributed by atoms with van der Waals surface area (Å²) in [6.45, 7) is 1.41. The number of rotatable bonds is 4. The molecule has 0 aliphatic heterocycles. The van der Waals surface area contributed by atoms with Crippen LogP contribution in [0.4, 0.5) is 11.4 Å². The SMILES string of the molecule is COc1ccc(NC(C)=O)cc1NC(=O)c1c(Cl)c2ccccc2n1C. The lowest BCUT2D eigenvalue weighted by molar-refractivity contribution is -0.114. The van der Waals surface area contributed by atoms with E-state index in [1.165, 1.54) is 14.0 Å². The summed E-state index contributed by atoms with van der Waals surface area (Å²) in [5.41, 5.74) is 2.20. The molecule has 0 atom stereocenters. The summed E-state index contributed by atoms with van der Waals surface area (Å²) in [5, 5.41) is 6.68. The maximum absolute atomic E-state index is 12.9. The highest BCUT2D eigenvalue weighted by molar-refractivity contribution is 6.39. The van der Waals surface area contributed by atoms with Gasteiger partial charge in [0.15, 0.2) is 0 Å². The third-order valence-electron chi connectivity index (χ3n) is 4.03. The van der Waals surface area contributed by atoms with E-state index >= 15 is 0 Å². The van der Waals surface area contributed by atoms with Gasteiger partial charge in [-0.15, -0.1) is 0 Å². The van der Waals surface area contributed by atoms with Crippen LogP contribution >= 0.6 is 11.6 Å². The van der Waals surface area contributed by atoms with Crippen LogP contribution in [0, 0.1) is 0 Å². The second kappa shape index (κ2) is 7.09. The molecule has 0 radical (unpaired) electrons. The summed E-state index contributed by atoms with van der Waals surface area (Å²) in [6, 6.07) is 12.5. The summed E-state index contributed by atoms with van der Waals surface area (Å²) in [4.78, 5) is 24.1. The molecule has 0 bridgehead atoms. The van der Waals surface area contributed by atoms with Gasteiger partial charge in [0.05, 0.1) is 17.8 Å². The zero-order valence-electron chi connectivity index (χ0n) is 14.6. The Morgan fingerprint density at radius 3 is 2.50 bits per heavy atom. The highest BCUT2D eigenvalue weighted by atomic mass is 35.5. The van der Waals surface area contributed by atoms with Crippen LogP contribution in [0.25, 0.3) is 10.9 Å². The van der Waals surface area contributed by atoms with Gasteiger partial charge in [-0.25, -0.2) is 0 Å². The first-order valence-corrected chi connectivity index (χ1v) is 8.30. The van der Waals surface area contributed by atoms with Gasteiger partial charge >= 0.3 is 0 Å². The number of nitrogens with one attached hydrogen (secondary N) is 2. The summed E-state index contributed by atoms with van der Waals surface area (Å²) >= 11 is 6.43. The molecule has 1 heterocycles. The number of nitrogens with zero attached hydrogens (tertiary/aromatic N) is 1. The smallest absolute Gasteiger partial charge is 0.273 e. The second-order valence-corrected chi connectivity index (χ2v) is 6.17. The number of anilines is 2. The third kappa shape index (κ3) is 3.23. The standard InChI is InChI=1S/C19H18ClN3O3/c1-11(24)21-12-8-9-16(26-3)14(10-12)22-19(25)18-17(20)13-6-4-5-7-15(13)23(18)2/h4-10H,1-3H3,(H,21,24)(H,22,25). The molecular weight excluding hydrogens is 354 g/mol. The lowest BCUT2D eigenvalue weighted by atomic mass is 10.2. The summed E-state index contributed by atoms with van der Waals surface area (Å²) < 4.78 is 7.04. The number of hydrogen-bond acceptors (Lipinski definition) is 3. The van der Waals surface area contributed by atoms with Crippen molar-refractivity contribution >= 4 is 45.7 Å². The van der Waals surface area contributed by atoms with Crippen molar-refractivity contribution in [3.05, 3.63) is 53.2 Å². The van der Waals surface area contributed by atoms with Crippen LogP contribution in [-0.4, -0.2) is 23.5 Å². The molecule has 0 aliphatic carbocycles. The lowest BCUT2D eigenvalue weighted by Gasteiger charge is -2.13. The van der Waals surface area contributed by atoms with E-state index in [1.807, 2.05) is 24.3 Å². The molecule has 7 heteroatoms. The average Bonchev–Trinajstić information content (AvgIpc) is 2.86. The van der Waals surface area contributed by atoms with Crippen molar-refractivity contribution < 1.29 is 14.3 Å². The Kier molecular flexibility index (Phi) is 4.86. The minimum absolute atomic E-state index is 0.204. The van der Waals surface area contributed by atoms with Gasteiger partial charge in [-0.1, -0.05) is 29.8 Å². The molecule has 6 nitrogen and oxygen atoms in total. The number of halogens is 1. The van der Waals surface area contributed by atoms with Gasteiger partial charge in [-0.3, -0.25) is 9.59 Å². The van der Waals surface area contributed by atoms with Gasteiger partial charge in [-0.05, 0) is 24.3 Å². The fourth-order valence-electron chi connectivity index (χ4n) is 2.87. The topological polar surface area (TPSA) is 72.4 Å². The fraction of sp³-hybridized carbons (Fsp3) is 0.158. The maximum atomic E-state index is 12.9. The van der Waals surface area contributed by atoms with Crippen molar-refractivity contribution in [1.29, 1.82) is 0 Å². The lowest BCUT2D eigenvalue weighted by Crippen LogP contribution is -2.17. The number of fused-ring (bicyclic) bond motifs is 1. The molecule has 2 aromatic carbocycles. The number of amides is 2. The normalized spacial score (nSPS) is 10.6. The van der Waals surface area contributed by atoms with Gasteiger partial charge in [0, 0.05) is 30.6 Å². The molecule has 26 heavy (non-hydrogen) atoms.